The van der Waals surface area contributed by atoms with Gasteiger partial charge in [-0.05, 0) is 51.5 Å². The van der Waals surface area contributed by atoms with Gasteiger partial charge in [-0.1, -0.05) is 23.2 Å². The average molecular weight is 513 g/mol. The maximum atomic E-state index is 15.1. The molecule has 11 heteroatoms. The van der Waals surface area contributed by atoms with Gasteiger partial charge in [0.2, 0.25) is 5.91 Å². The van der Waals surface area contributed by atoms with Crippen molar-refractivity contribution in [1.82, 2.24) is 9.88 Å². The summed E-state index contributed by atoms with van der Waals surface area (Å²) in [6.07, 6.45) is 0. The van der Waals surface area contributed by atoms with Crippen molar-refractivity contribution in [3.8, 4) is 5.75 Å². The van der Waals surface area contributed by atoms with E-state index in [1.54, 1.807) is 0 Å². The minimum absolute atomic E-state index is 0.0186. The number of hydrogen-bond donors (Lipinski definition) is 3. The first-order valence-electron chi connectivity index (χ1n) is 9.96. The number of nitrogens with zero attached hydrogens (tertiary/aromatic N) is 1. The van der Waals surface area contributed by atoms with Crippen molar-refractivity contribution in [2.45, 2.75) is 39.2 Å². The number of nitrogens with one attached hydrogen (secondary N) is 1. The van der Waals surface area contributed by atoms with Crippen LogP contribution in [-0.2, 0) is 9.59 Å². The molecule has 2 aromatic carbocycles. The number of carbonyl (C=O) groups excluding carboxylic acids is 2. The summed E-state index contributed by atoms with van der Waals surface area (Å²) < 4.78 is 30.4. The third kappa shape index (κ3) is 4.21. The zero-order valence-corrected chi connectivity index (χ0v) is 20.0. The van der Waals surface area contributed by atoms with Crippen LogP contribution >= 0.6 is 23.2 Å². The van der Waals surface area contributed by atoms with Gasteiger partial charge in [0, 0.05) is 22.7 Å². The molecule has 0 aliphatic carbocycles. The van der Waals surface area contributed by atoms with Crippen LogP contribution in [0.25, 0.3) is 10.9 Å². The van der Waals surface area contributed by atoms with E-state index in [0.29, 0.717) is 0 Å². The maximum absolute atomic E-state index is 15.1. The Hall–Kier alpha value is -3.17. The Bertz CT molecular complexity index is 1370. The zero-order valence-electron chi connectivity index (χ0n) is 18.5. The van der Waals surface area contributed by atoms with Crippen LogP contribution in [-0.4, -0.2) is 38.1 Å². The summed E-state index contributed by atoms with van der Waals surface area (Å²) >= 11 is 11.9. The quantitative estimate of drug-likeness (QED) is 0.445. The van der Waals surface area contributed by atoms with E-state index in [9.17, 15) is 29.0 Å². The smallest absolute Gasteiger partial charge is 0.328 e. The standard InChI is InChI=1S/C23H20Cl2F2N2O5/c1-9(20(31)28-23(3,4)22(33)34)16-10(2)29(15-8-14(26)19(30)18(27)17(15)16)21(32)11-5-6-12(24)13(25)7-11/h5-9,30H,1-4H3,(H,28,31)(H,33,34). The molecule has 0 bridgehead atoms. The highest BCUT2D eigenvalue weighted by Crippen LogP contribution is 2.39. The van der Waals surface area contributed by atoms with Crippen molar-refractivity contribution in [3.63, 3.8) is 0 Å². The highest BCUT2D eigenvalue weighted by Gasteiger charge is 2.35. The van der Waals surface area contributed by atoms with Gasteiger partial charge in [-0.3, -0.25) is 14.2 Å². The molecule has 1 heterocycles. The molecule has 3 N–H and O–H groups in total. The summed E-state index contributed by atoms with van der Waals surface area (Å²) in [4.78, 5) is 37.7. The maximum Gasteiger partial charge on any atom is 0.328 e. The fraction of sp³-hybridized carbons (Fsp3) is 0.261. The minimum Gasteiger partial charge on any atom is -0.503 e. The Balaban J connectivity index is 2.27. The van der Waals surface area contributed by atoms with Gasteiger partial charge in [-0.2, -0.15) is 0 Å². The summed E-state index contributed by atoms with van der Waals surface area (Å²) in [6.45, 7) is 5.34. The van der Waals surface area contributed by atoms with E-state index < -0.39 is 46.6 Å². The summed E-state index contributed by atoms with van der Waals surface area (Å²) in [5.41, 5.74) is -1.74. The van der Waals surface area contributed by atoms with Crippen molar-refractivity contribution in [2.24, 2.45) is 0 Å². The molecule has 0 spiro atoms. The van der Waals surface area contributed by atoms with Crippen LogP contribution in [0.15, 0.2) is 24.3 Å². The number of aliphatic carboxylic acids is 1. The molecule has 1 aromatic heterocycles. The van der Waals surface area contributed by atoms with Crippen LogP contribution in [0.5, 0.6) is 5.75 Å². The highest BCUT2D eigenvalue weighted by molar-refractivity contribution is 6.42. The fourth-order valence-electron chi connectivity index (χ4n) is 3.66. The van der Waals surface area contributed by atoms with E-state index >= 15 is 4.39 Å². The minimum atomic E-state index is -1.64. The molecule has 180 valence electrons. The number of carbonyl (C=O) groups is 3. The third-order valence-corrected chi connectivity index (χ3v) is 6.31. The second kappa shape index (κ2) is 8.88. The normalized spacial score (nSPS) is 12.6. The number of halogens is 4. The second-order valence-corrected chi connectivity index (χ2v) is 9.14. The van der Waals surface area contributed by atoms with Crippen LogP contribution < -0.4 is 5.32 Å². The van der Waals surface area contributed by atoms with Crippen LogP contribution in [0, 0.1) is 18.6 Å². The number of phenolic OH excluding ortho intramolecular Hbond substituents is 1. The van der Waals surface area contributed by atoms with E-state index in [4.69, 9.17) is 23.2 Å². The van der Waals surface area contributed by atoms with Crippen LogP contribution in [0.4, 0.5) is 8.78 Å². The predicted octanol–water partition coefficient (Wildman–Crippen LogP) is 5.01. The number of phenols is 1. The van der Waals surface area contributed by atoms with Crippen molar-refractivity contribution in [2.75, 3.05) is 0 Å². The number of carboxylic acid groups (broad SMARTS) is 1. The molecular weight excluding hydrogens is 493 g/mol. The van der Waals surface area contributed by atoms with Crippen LogP contribution in [0.1, 0.15) is 48.3 Å². The Kier molecular flexibility index (Phi) is 6.65. The third-order valence-electron chi connectivity index (χ3n) is 5.57. The molecule has 1 atom stereocenters. The Morgan fingerprint density at radius 1 is 1.12 bits per heavy atom. The number of hydrogen-bond acceptors (Lipinski definition) is 4. The first-order chi connectivity index (χ1) is 15.7. The van der Waals surface area contributed by atoms with Gasteiger partial charge in [0.25, 0.3) is 5.91 Å². The molecule has 3 aromatic rings. The van der Waals surface area contributed by atoms with E-state index in [-0.39, 0.29) is 37.8 Å². The summed E-state index contributed by atoms with van der Waals surface area (Å²) in [5, 5.41) is 21.5. The van der Waals surface area contributed by atoms with Crippen LogP contribution in [0.3, 0.4) is 0 Å². The molecule has 1 amide bonds. The lowest BCUT2D eigenvalue weighted by atomic mass is 9.95. The number of fused-ring (bicyclic) bond motifs is 1. The number of amides is 1. The lowest BCUT2D eigenvalue weighted by molar-refractivity contribution is -0.146. The molecule has 1 unspecified atom stereocenters. The molecule has 34 heavy (non-hydrogen) atoms. The lowest BCUT2D eigenvalue weighted by Gasteiger charge is -2.23. The molecule has 0 aliphatic heterocycles. The largest absolute Gasteiger partial charge is 0.503 e. The van der Waals surface area contributed by atoms with Gasteiger partial charge in [-0.25, -0.2) is 13.6 Å². The molecule has 0 saturated heterocycles. The Labute approximate surface area is 202 Å². The number of carboxylic acids is 1. The summed E-state index contributed by atoms with van der Waals surface area (Å²) in [6, 6.07) is 4.83. The van der Waals surface area contributed by atoms with Crippen molar-refractivity contribution >= 4 is 51.9 Å². The lowest BCUT2D eigenvalue weighted by Crippen LogP contribution is -2.50. The summed E-state index contributed by atoms with van der Waals surface area (Å²) in [7, 11) is 0. The van der Waals surface area contributed by atoms with Crippen molar-refractivity contribution in [1.29, 1.82) is 0 Å². The van der Waals surface area contributed by atoms with E-state index in [2.05, 4.69) is 5.32 Å². The first kappa shape index (κ1) is 25.5. The van der Waals surface area contributed by atoms with Crippen molar-refractivity contribution in [3.05, 3.63) is 62.8 Å². The average Bonchev–Trinajstić information content (AvgIpc) is 3.04. The van der Waals surface area contributed by atoms with E-state index in [1.165, 1.54) is 45.9 Å². The van der Waals surface area contributed by atoms with E-state index in [1.807, 2.05) is 0 Å². The highest BCUT2D eigenvalue weighted by atomic mass is 35.5. The molecule has 3 rings (SSSR count). The Morgan fingerprint density at radius 3 is 2.29 bits per heavy atom. The zero-order chi connectivity index (χ0) is 25.7. The molecule has 0 radical (unpaired) electrons. The number of aromatic hydroxyl groups is 1. The van der Waals surface area contributed by atoms with Crippen molar-refractivity contribution < 1.29 is 33.4 Å². The molecule has 0 aliphatic rings. The number of benzene rings is 2. The van der Waals surface area contributed by atoms with Gasteiger partial charge in [0.1, 0.15) is 5.54 Å². The molecule has 0 fully saturated rings. The van der Waals surface area contributed by atoms with Crippen LogP contribution in [0.2, 0.25) is 10.0 Å². The molecular formula is C23H20Cl2F2N2O5. The van der Waals surface area contributed by atoms with Gasteiger partial charge in [0.05, 0.1) is 21.5 Å². The first-order valence-corrected chi connectivity index (χ1v) is 10.7. The molecule has 0 saturated carbocycles. The number of rotatable bonds is 5. The van der Waals surface area contributed by atoms with E-state index in [0.717, 1.165) is 10.6 Å². The molecule has 7 nitrogen and oxygen atoms in total. The SMILES string of the molecule is Cc1c(C(C)C(=O)NC(C)(C)C(=O)O)c2c(F)c(O)c(F)cc2n1C(=O)c1ccc(Cl)c(Cl)c1. The van der Waals surface area contributed by atoms with Gasteiger partial charge < -0.3 is 15.5 Å². The van der Waals surface area contributed by atoms with Gasteiger partial charge in [0.15, 0.2) is 17.4 Å². The number of aromatic nitrogens is 1. The predicted molar refractivity (Wildman–Crippen MR) is 123 cm³/mol. The van der Waals surface area contributed by atoms with Gasteiger partial charge in [-0.15, -0.1) is 0 Å². The Morgan fingerprint density at radius 2 is 1.74 bits per heavy atom. The van der Waals surface area contributed by atoms with Gasteiger partial charge >= 0.3 is 5.97 Å². The monoisotopic (exact) mass is 512 g/mol. The topological polar surface area (TPSA) is 109 Å². The second-order valence-electron chi connectivity index (χ2n) is 8.32. The summed E-state index contributed by atoms with van der Waals surface area (Å²) in [5.74, 6) is -7.90. The fourth-order valence-corrected chi connectivity index (χ4v) is 3.96.